The van der Waals surface area contributed by atoms with Crippen molar-refractivity contribution in [1.82, 2.24) is 9.55 Å². The molecule has 2 aliphatic rings. The summed E-state index contributed by atoms with van der Waals surface area (Å²) in [5.74, 6) is -0.637. The molecule has 68 heavy (non-hydrogen) atoms. The van der Waals surface area contributed by atoms with Gasteiger partial charge in [-0.05, 0) is 63.4 Å². The molecule has 0 aliphatic carbocycles. The first-order chi connectivity index (χ1) is 32.5. The number of carbonyl (C=O) groups excluding carboxylic acids is 2. The van der Waals surface area contributed by atoms with Crippen molar-refractivity contribution >= 4 is 33.4 Å². The number of aliphatic hydroxyl groups excluding tert-OH is 2. The predicted molar refractivity (Wildman–Crippen MR) is 256 cm³/mol. The summed E-state index contributed by atoms with van der Waals surface area (Å²) in [4.78, 5) is 61.8. The van der Waals surface area contributed by atoms with Crippen molar-refractivity contribution in [3.8, 4) is 0 Å². The number of hydrogen-bond acceptors (Lipinski definition) is 16. The molecule has 9 atom stereocenters. The maximum atomic E-state index is 12.8. The number of ether oxygens (including phenoxy) is 4. The topological polar surface area (TPSA) is 278 Å². The number of allylic oxidation sites excluding steroid dienone is 4. The second-order valence-corrected chi connectivity index (χ2v) is 20.9. The van der Waals surface area contributed by atoms with E-state index >= 15 is 0 Å². The molecular weight excluding hydrogens is 924 g/mol. The maximum absolute atomic E-state index is 12.8. The van der Waals surface area contributed by atoms with E-state index in [1.165, 1.54) is 57.4 Å². The quantitative estimate of drug-likeness (QED) is 0.0137. The first kappa shape index (κ1) is 59.2. The second kappa shape index (κ2) is 32.8. The van der Waals surface area contributed by atoms with Crippen molar-refractivity contribution in [2.24, 2.45) is 5.92 Å². The SMILES string of the molecule is CCCCC/C=C\CC1OC1C/C=C\C/C=C\CCCC(=O)O[C@H](COC(=O)CCCCCCCCCCCC(C)C)COP(=O)(O)OP(=O)(O)OC[C@H]1O[C@@H](n2ccc(N)nc2=O)[C@H](O)[C@@H]1O. The number of nitrogens with zero attached hydrogens (tertiary/aromatic N) is 2. The Morgan fingerprint density at radius 3 is 2.04 bits per heavy atom. The van der Waals surface area contributed by atoms with Crippen molar-refractivity contribution in [3.05, 3.63) is 59.2 Å². The number of epoxide rings is 1. The summed E-state index contributed by atoms with van der Waals surface area (Å²) in [6.45, 7) is 4.32. The van der Waals surface area contributed by atoms with Gasteiger partial charge in [0.1, 0.15) is 30.7 Å². The Balaban J connectivity index is 1.43. The molecule has 3 rings (SSSR count). The fraction of sp³-hybridized carbons (Fsp3) is 0.745. The molecule has 2 fully saturated rings. The highest BCUT2D eigenvalue weighted by Crippen LogP contribution is 2.60. The lowest BCUT2D eigenvalue weighted by Gasteiger charge is -2.21. The number of nitrogen functional groups attached to an aromatic ring is 1. The van der Waals surface area contributed by atoms with E-state index in [9.17, 15) is 43.5 Å². The summed E-state index contributed by atoms with van der Waals surface area (Å²) in [5.41, 5.74) is 4.58. The molecular formula is C47H79N3O16P2. The maximum Gasteiger partial charge on any atom is 0.481 e. The minimum Gasteiger partial charge on any atom is -0.462 e. The smallest absolute Gasteiger partial charge is 0.462 e. The first-order valence-electron chi connectivity index (χ1n) is 24.5. The lowest BCUT2D eigenvalue weighted by Crippen LogP contribution is -2.36. The Morgan fingerprint density at radius 2 is 1.37 bits per heavy atom. The van der Waals surface area contributed by atoms with Crippen molar-refractivity contribution in [2.75, 3.05) is 25.6 Å². The van der Waals surface area contributed by atoms with E-state index in [0.717, 1.165) is 68.0 Å². The molecule has 4 unspecified atom stereocenters. The number of phosphoric ester groups is 2. The van der Waals surface area contributed by atoms with Crippen LogP contribution in [-0.2, 0) is 51.0 Å². The average Bonchev–Trinajstić information content (AvgIpc) is 3.97. The lowest BCUT2D eigenvalue weighted by molar-refractivity contribution is -0.161. The van der Waals surface area contributed by atoms with Gasteiger partial charge in [0.05, 0.1) is 25.4 Å². The number of rotatable bonds is 38. The van der Waals surface area contributed by atoms with Crippen LogP contribution in [0, 0.1) is 5.92 Å². The van der Waals surface area contributed by atoms with Gasteiger partial charge in [-0.2, -0.15) is 9.29 Å². The summed E-state index contributed by atoms with van der Waals surface area (Å²) in [5, 5.41) is 20.9. The molecule has 19 nitrogen and oxygen atoms in total. The molecule has 0 spiro atoms. The van der Waals surface area contributed by atoms with Crippen LogP contribution in [0.2, 0.25) is 0 Å². The Morgan fingerprint density at radius 1 is 0.765 bits per heavy atom. The number of anilines is 1. The molecule has 6 N–H and O–H groups in total. The summed E-state index contributed by atoms with van der Waals surface area (Å²) in [6.07, 6.45) is 25.7. The normalized spacial score (nSPS) is 22.8. The number of carbonyl (C=O) groups is 2. The predicted octanol–water partition coefficient (Wildman–Crippen LogP) is 8.45. The van der Waals surface area contributed by atoms with Gasteiger partial charge < -0.3 is 44.7 Å². The van der Waals surface area contributed by atoms with Gasteiger partial charge in [-0.1, -0.05) is 128 Å². The number of hydrogen-bond donors (Lipinski definition) is 5. The minimum absolute atomic E-state index is 0.0306. The number of unbranched alkanes of at least 4 members (excludes halogenated alkanes) is 12. The monoisotopic (exact) mass is 1000 g/mol. The average molecular weight is 1000 g/mol. The van der Waals surface area contributed by atoms with E-state index in [1.807, 2.05) is 12.2 Å². The van der Waals surface area contributed by atoms with Crippen LogP contribution < -0.4 is 11.4 Å². The van der Waals surface area contributed by atoms with Crippen LogP contribution in [0.4, 0.5) is 5.82 Å². The molecule has 1 aromatic rings. The minimum atomic E-state index is -5.44. The number of aromatic nitrogens is 2. The third-order valence-corrected chi connectivity index (χ3v) is 13.9. The zero-order valence-electron chi connectivity index (χ0n) is 40.3. The number of phosphoric acid groups is 2. The van der Waals surface area contributed by atoms with Gasteiger partial charge in [0.15, 0.2) is 12.3 Å². The Labute approximate surface area is 402 Å². The van der Waals surface area contributed by atoms with Crippen LogP contribution in [0.1, 0.15) is 162 Å². The second-order valence-electron chi connectivity index (χ2n) is 17.8. The summed E-state index contributed by atoms with van der Waals surface area (Å²) >= 11 is 0. The Bertz CT molecular complexity index is 1860. The van der Waals surface area contributed by atoms with Crippen molar-refractivity contribution in [2.45, 2.75) is 198 Å². The molecule has 0 radical (unpaired) electrons. The van der Waals surface area contributed by atoms with E-state index in [0.29, 0.717) is 25.4 Å². The van der Waals surface area contributed by atoms with Crippen LogP contribution in [0.15, 0.2) is 53.5 Å². The van der Waals surface area contributed by atoms with Gasteiger partial charge in [-0.3, -0.25) is 23.2 Å². The van der Waals surface area contributed by atoms with Gasteiger partial charge >= 0.3 is 33.3 Å². The summed E-state index contributed by atoms with van der Waals surface area (Å²) in [7, 11) is -10.9. The van der Waals surface area contributed by atoms with E-state index in [1.54, 1.807) is 0 Å². The molecule has 0 bridgehead atoms. The van der Waals surface area contributed by atoms with Crippen LogP contribution in [0.5, 0.6) is 0 Å². The van der Waals surface area contributed by atoms with Gasteiger partial charge in [-0.15, -0.1) is 0 Å². The summed E-state index contributed by atoms with van der Waals surface area (Å²) < 4.78 is 62.4. The molecule has 2 saturated heterocycles. The highest BCUT2D eigenvalue weighted by molar-refractivity contribution is 7.61. The zero-order chi connectivity index (χ0) is 49.8. The Kier molecular flexibility index (Phi) is 28.5. The van der Waals surface area contributed by atoms with E-state index < -0.39 is 83.7 Å². The van der Waals surface area contributed by atoms with Gasteiger partial charge in [-0.25, -0.2) is 13.9 Å². The van der Waals surface area contributed by atoms with Crippen molar-refractivity contribution in [3.63, 3.8) is 0 Å². The van der Waals surface area contributed by atoms with Crippen LogP contribution in [0.25, 0.3) is 0 Å². The molecule has 0 amide bonds. The van der Waals surface area contributed by atoms with Crippen LogP contribution in [0.3, 0.4) is 0 Å². The highest BCUT2D eigenvalue weighted by atomic mass is 31.3. The van der Waals surface area contributed by atoms with E-state index in [2.05, 4.69) is 54.4 Å². The standard InChI is InChI=1S/C47H79N3O16P2/c1-4-5-6-7-17-22-27-38-39(64-38)28-23-18-13-11-15-20-25-30-43(52)63-37(33-60-42(51)29-24-19-14-10-8-9-12-16-21-26-36(2)3)34-61-67(56,57)66-68(58,59)62-35-40-44(53)45(54)46(65-40)50-32-31-41(48)49-47(50)55/h11,15,17-18,22-23,31-32,36-40,44-46,53-54H,4-10,12-14,16,19-21,24-30,33-35H2,1-3H3,(H,56,57)(H,58,59)(H2,48,49,55)/b15-11-,22-17-,23-18-/t37-,38?,39?,40-,44-,45-,46-/m1/s1. The van der Waals surface area contributed by atoms with Gasteiger partial charge in [0, 0.05) is 19.0 Å². The fourth-order valence-electron chi connectivity index (χ4n) is 7.35. The van der Waals surface area contributed by atoms with Crippen LogP contribution >= 0.6 is 15.6 Å². The van der Waals surface area contributed by atoms with Gasteiger partial charge in [0.25, 0.3) is 0 Å². The van der Waals surface area contributed by atoms with Crippen LogP contribution in [-0.4, -0.2) is 97.9 Å². The molecule has 3 heterocycles. The first-order valence-corrected chi connectivity index (χ1v) is 27.5. The number of esters is 2. The molecule has 0 aromatic carbocycles. The fourth-order valence-corrected chi connectivity index (χ4v) is 9.47. The molecule has 1 aromatic heterocycles. The van der Waals surface area contributed by atoms with Gasteiger partial charge in [0.2, 0.25) is 0 Å². The van der Waals surface area contributed by atoms with E-state index in [-0.39, 0.29) is 24.8 Å². The van der Waals surface area contributed by atoms with Crippen molar-refractivity contribution in [1.29, 1.82) is 0 Å². The molecule has 21 heteroatoms. The van der Waals surface area contributed by atoms with Crippen molar-refractivity contribution < 1.29 is 71.0 Å². The molecule has 0 saturated carbocycles. The molecule has 388 valence electrons. The largest absolute Gasteiger partial charge is 0.481 e. The molecule has 2 aliphatic heterocycles. The number of nitrogens with two attached hydrogens (primary N) is 1. The third-order valence-electron chi connectivity index (χ3n) is 11.3. The Hall–Kier alpha value is -3.06. The zero-order valence-corrected chi connectivity index (χ0v) is 42.1. The number of aliphatic hydroxyl groups is 2. The van der Waals surface area contributed by atoms with E-state index in [4.69, 9.17) is 33.7 Å². The highest BCUT2D eigenvalue weighted by Gasteiger charge is 2.46. The third kappa shape index (κ3) is 25.7. The summed E-state index contributed by atoms with van der Waals surface area (Å²) in [6, 6.07) is 1.24. The lowest BCUT2D eigenvalue weighted by atomic mass is 10.0.